The Morgan fingerprint density at radius 1 is 1.21 bits per heavy atom. The van der Waals surface area contributed by atoms with E-state index in [2.05, 4.69) is 15.6 Å². The second kappa shape index (κ2) is 5.99. The standard InChI is InChI=1S/C20H17N5O4/c1-29-13-6-5-12-9-25(17(26)14(12)8-13)11-20(18(27)22-19(28)23-20)15-10-24-7-3-2-4-16(24)21-15/h2-10,26H,11H2,1H3,(H2,22,23,27,28)/t20-/m0/s1. The maximum atomic E-state index is 12.9. The number of rotatable bonds is 4. The lowest BCUT2D eigenvalue weighted by Gasteiger charge is -2.24. The number of fused-ring (bicyclic) bond motifs is 2. The van der Waals surface area contributed by atoms with Crippen molar-refractivity contribution >= 4 is 28.4 Å². The summed E-state index contributed by atoms with van der Waals surface area (Å²) in [5.41, 5.74) is -0.441. The molecule has 1 atom stereocenters. The van der Waals surface area contributed by atoms with E-state index in [1.165, 1.54) is 4.57 Å². The van der Waals surface area contributed by atoms with Crippen LogP contribution in [-0.2, 0) is 16.9 Å². The van der Waals surface area contributed by atoms with Gasteiger partial charge in [-0.2, -0.15) is 0 Å². The van der Waals surface area contributed by atoms with Crippen LogP contribution in [0.4, 0.5) is 4.79 Å². The summed E-state index contributed by atoms with van der Waals surface area (Å²) in [5.74, 6) is 0.0455. The summed E-state index contributed by atoms with van der Waals surface area (Å²) in [6.45, 7) is -0.0305. The van der Waals surface area contributed by atoms with Gasteiger partial charge < -0.3 is 24.1 Å². The van der Waals surface area contributed by atoms with Gasteiger partial charge >= 0.3 is 6.03 Å². The molecule has 0 spiro atoms. The van der Waals surface area contributed by atoms with Gasteiger partial charge in [0.15, 0.2) is 11.4 Å². The zero-order valence-corrected chi connectivity index (χ0v) is 15.4. The number of ether oxygens (including phenoxy) is 1. The molecule has 1 fully saturated rings. The van der Waals surface area contributed by atoms with Crippen molar-refractivity contribution in [2.45, 2.75) is 12.1 Å². The van der Waals surface area contributed by atoms with E-state index in [1.807, 2.05) is 24.4 Å². The van der Waals surface area contributed by atoms with Gasteiger partial charge in [0.2, 0.25) is 0 Å². The summed E-state index contributed by atoms with van der Waals surface area (Å²) < 4.78 is 8.52. The van der Waals surface area contributed by atoms with Gasteiger partial charge in [0.1, 0.15) is 11.4 Å². The molecule has 1 saturated heterocycles. The van der Waals surface area contributed by atoms with E-state index in [0.29, 0.717) is 22.5 Å². The predicted molar refractivity (Wildman–Crippen MR) is 104 cm³/mol. The lowest BCUT2D eigenvalue weighted by atomic mass is 9.96. The molecule has 4 heterocycles. The van der Waals surface area contributed by atoms with Crippen molar-refractivity contribution < 1.29 is 19.4 Å². The number of imide groups is 1. The molecule has 1 aliphatic rings. The molecule has 4 aromatic rings. The molecule has 9 nitrogen and oxygen atoms in total. The first-order chi connectivity index (χ1) is 14.0. The van der Waals surface area contributed by atoms with Crippen LogP contribution >= 0.6 is 0 Å². The number of nitrogens with one attached hydrogen (secondary N) is 2. The third-order valence-corrected chi connectivity index (χ3v) is 5.22. The SMILES string of the molecule is COc1ccc2cn(C[C@@]3(c4cn5ccccc5n4)NC(=O)NC3=O)c(O)c2c1. The molecule has 29 heavy (non-hydrogen) atoms. The maximum Gasteiger partial charge on any atom is 0.322 e. The van der Waals surface area contributed by atoms with Gasteiger partial charge in [-0.05, 0) is 30.3 Å². The van der Waals surface area contributed by atoms with Gasteiger partial charge in [-0.1, -0.05) is 6.07 Å². The van der Waals surface area contributed by atoms with Crippen LogP contribution in [0.3, 0.4) is 0 Å². The van der Waals surface area contributed by atoms with Gasteiger partial charge in [-0.25, -0.2) is 9.78 Å². The Balaban J connectivity index is 1.65. The molecule has 9 heteroatoms. The van der Waals surface area contributed by atoms with Gasteiger partial charge in [0, 0.05) is 29.4 Å². The first-order valence-corrected chi connectivity index (χ1v) is 8.94. The van der Waals surface area contributed by atoms with E-state index >= 15 is 0 Å². The molecule has 0 saturated carbocycles. The van der Waals surface area contributed by atoms with Crippen molar-refractivity contribution in [2.75, 3.05) is 7.11 Å². The third kappa shape index (κ3) is 2.51. The fourth-order valence-electron chi connectivity index (χ4n) is 3.73. The zero-order chi connectivity index (χ0) is 20.2. The van der Waals surface area contributed by atoms with Crippen LogP contribution in [0.15, 0.2) is 55.0 Å². The molecule has 0 unspecified atom stereocenters. The molecule has 3 aromatic heterocycles. The number of imidazole rings is 1. The van der Waals surface area contributed by atoms with E-state index in [1.54, 1.807) is 42.1 Å². The topological polar surface area (TPSA) is 110 Å². The number of pyridine rings is 1. The highest BCUT2D eigenvalue weighted by Crippen LogP contribution is 2.34. The van der Waals surface area contributed by atoms with Gasteiger partial charge in [-0.15, -0.1) is 0 Å². The van der Waals surface area contributed by atoms with Crippen molar-refractivity contribution in [3.05, 3.63) is 60.7 Å². The molecule has 0 radical (unpaired) electrons. The van der Waals surface area contributed by atoms with E-state index in [4.69, 9.17) is 4.74 Å². The number of amides is 3. The number of aromatic hydroxyl groups is 1. The van der Waals surface area contributed by atoms with Crippen LogP contribution in [0.5, 0.6) is 11.6 Å². The van der Waals surface area contributed by atoms with Crippen LogP contribution in [0, 0.1) is 0 Å². The van der Waals surface area contributed by atoms with Gasteiger partial charge in [0.05, 0.1) is 19.3 Å². The predicted octanol–water partition coefficient (Wildman–Crippen LogP) is 1.74. The largest absolute Gasteiger partial charge is 0.497 e. The van der Waals surface area contributed by atoms with Crippen LogP contribution in [0.1, 0.15) is 5.69 Å². The van der Waals surface area contributed by atoms with Crippen molar-refractivity contribution in [2.24, 2.45) is 0 Å². The van der Waals surface area contributed by atoms with E-state index in [-0.39, 0.29) is 12.4 Å². The van der Waals surface area contributed by atoms with Gasteiger partial charge in [-0.3, -0.25) is 10.1 Å². The number of hydrogen-bond acceptors (Lipinski definition) is 5. The third-order valence-electron chi connectivity index (χ3n) is 5.22. The van der Waals surface area contributed by atoms with Crippen LogP contribution < -0.4 is 15.4 Å². The number of urea groups is 1. The first kappa shape index (κ1) is 17.1. The van der Waals surface area contributed by atoms with Crippen molar-refractivity contribution in [3.8, 4) is 11.6 Å². The van der Waals surface area contributed by atoms with E-state index in [9.17, 15) is 14.7 Å². The summed E-state index contributed by atoms with van der Waals surface area (Å²) in [6.07, 6.45) is 5.23. The summed E-state index contributed by atoms with van der Waals surface area (Å²) in [7, 11) is 1.55. The fraction of sp³-hybridized carbons (Fsp3) is 0.150. The summed E-state index contributed by atoms with van der Waals surface area (Å²) in [6, 6.07) is 10.2. The Morgan fingerprint density at radius 2 is 2.07 bits per heavy atom. The summed E-state index contributed by atoms with van der Waals surface area (Å²) in [5, 5.41) is 17.1. The van der Waals surface area contributed by atoms with Crippen LogP contribution in [0.2, 0.25) is 0 Å². The highest BCUT2D eigenvalue weighted by molar-refractivity contribution is 6.07. The molecule has 0 aliphatic carbocycles. The van der Waals surface area contributed by atoms with Gasteiger partial charge in [0.25, 0.3) is 5.91 Å². The minimum atomic E-state index is -1.46. The number of hydrogen-bond donors (Lipinski definition) is 3. The second-order valence-electron chi connectivity index (χ2n) is 6.94. The molecular formula is C20H17N5O4. The quantitative estimate of drug-likeness (QED) is 0.459. The molecule has 0 bridgehead atoms. The van der Waals surface area contributed by atoms with Crippen molar-refractivity contribution in [1.29, 1.82) is 0 Å². The maximum absolute atomic E-state index is 12.9. The average molecular weight is 391 g/mol. The summed E-state index contributed by atoms with van der Waals surface area (Å²) >= 11 is 0. The van der Waals surface area contributed by atoms with E-state index < -0.39 is 17.5 Å². The lowest BCUT2D eigenvalue weighted by molar-refractivity contribution is -0.125. The molecule has 1 aliphatic heterocycles. The number of carbonyl (C=O) groups is 2. The van der Waals surface area contributed by atoms with Crippen molar-refractivity contribution in [3.63, 3.8) is 0 Å². The Labute approximate surface area is 164 Å². The Bertz CT molecular complexity index is 1260. The molecule has 3 N–H and O–H groups in total. The lowest BCUT2D eigenvalue weighted by Crippen LogP contribution is -2.47. The average Bonchev–Trinajstić information content (AvgIpc) is 3.36. The Kier molecular flexibility index (Phi) is 3.54. The number of benzene rings is 1. The molecule has 5 rings (SSSR count). The highest BCUT2D eigenvalue weighted by atomic mass is 16.5. The highest BCUT2D eigenvalue weighted by Gasteiger charge is 2.50. The van der Waals surface area contributed by atoms with Crippen molar-refractivity contribution in [1.82, 2.24) is 24.6 Å². The number of nitrogens with zero attached hydrogens (tertiary/aromatic N) is 3. The monoisotopic (exact) mass is 391 g/mol. The smallest absolute Gasteiger partial charge is 0.322 e. The molecular weight excluding hydrogens is 374 g/mol. The van der Waals surface area contributed by atoms with E-state index in [0.717, 1.165) is 5.39 Å². The number of aromatic nitrogens is 3. The minimum Gasteiger partial charge on any atom is -0.497 e. The fourth-order valence-corrected chi connectivity index (χ4v) is 3.73. The number of methoxy groups -OCH3 is 1. The first-order valence-electron chi connectivity index (χ1n) is 8.94. The normalized spacial score (nSPS) is 18.9. The molecule has 146 valence electrons. The minimum absolute atomic E-state index is 0.0305. The number of carbonyl (C=O) groups excluding carboxylic acids is 2. The van der Waals surface area contributed by atoms with Crippen LogP contribution in [-0.4, -0.2) is 38.1 Å². The van der Waals surface area contributed by atoms with Crippen LogP contribution in [0.25, 0.3) is 16.4 Å². The molecule has 3 amide bonds. The summed E-state index contributed by atoms with van der Waals surface area (Å²) in [4.78, 5) is 29.4. The second-order valence-corrected chi connectivity index (χ2v) is 6.94. The Morgan fingerprint density at radius 3 is 2.79 bits per heavy atom. The molecule has 1 aromatic carbocycles. The Hall–Kier alpha value is -4.01. The zero-order valence-electron chi connectivity index (χ0n) is 15.4.